The molecular formula is C7H13FO. The van der Waals surface area contributed by atoms with E-state index in [1.807, 2.05) is 6.92 Å². The summed E-state index contributed by atoms with van der Waals surface area (Å²) in [6.45, 7) is 4.46. The van der Waals surface area contributed by atoms with Crippen LogP contribution in [-0.4, -0.2) is 11.5 Å². The van der Waals surface area contributed by atoms with Crippen molar-refractivity contribution in [2.24, 2.45) is 0 Å². The molecule has 2 heteroatoms. The number of rotatable bonds is 3. The van der Waals surface area contributed by atoms with Crippen LogP contribution in [0.5, 0.6) is 0 Å². The van der Waals surface area contributed by atoms with Crippen molar-refractivity contribution in [3.8, 4) is 0 Å². The molecule has 0 rings (SSSR count). The first-order valence-electron chi connectivity index (χ1n) is 3.20. The third-order valence-electron chi connectivity index (χ3n) is 1.14. The van der Waals surface area contributed by atoms with Gasteiger partial charge in [0.2, 0.25) is 0 Å². The summed E-state index contributed by atoms with van der Waals surface area (Å²) in [5.74, 6) is -0.301. The van der Waals surface area contributed by atoms with Crippen LogP contribution in [0.4, 0.5) is 4.39 Å². The van der Waals surface area contributed by atoms with E-state index in [1.54, 1.807) is 0 Å². The fourth-order valence-electron chi connectivity index (χ4n) is 0.524. The standard InChI is InChI=1S/C7H13FO/c1-4-5-6(9)7(2,3)8/h4-5H2,1-3H3. The Morgan fingerprint density at radius 2 is 2.00 bits per heavy atom. The lowest BCUT2D eigenvalue weighted by atomic mass is 10.0. The maximum Gasteiger partial charge on any atom is 0.169 e. The zero-order valence-electron chi connectivity index (χ0n) is 6.20. The van der Waals surface area contributed by atoms with Gasteiger partial charge in [0.25, 0.3) is 0 Å². The molecule has 0 aromatic rings. The van der Waals surface area contributed by atoms with Gasteiger partial charge in [0.05, 0.1) is 0 Å². The average Bonchev–Trinajstić information content (AvgIpc) is 1.64. The molecule has 9 heavy (non-hydrogen) atoms. The van der Waals surface area contributed by atoms with Crippen molar-refractivity contribution < 1.29 is 9.18 Å². The number of Topliss-reactive ketones (excluding diaryl/α,β-unsaturated/α-hetero) is 1. The molecule has 0 aromatic heterocycles. The number of ketones is 1. The fraction of sp³-hybridized carbons (Fsp3) is 0.857. The van der Waals surface area contributed by atoms with Crippen molar-refractivity contribution >= 4 is 5.78 Å². The highest BCUT2D eigenvalue weighted by atomic mass is 19.1. The minimum absolute atomic E-state index is 0.301. The quantitative estimate of drug-likeness (QED) is 0.574. The molecule has 0 unspecified atom stereocenters. The summed E-state index contributed by atoms with van der Waals surface area (Å²) in [4.78, 5) is 10.7. The molecule has 0 saturated heterocycles. The second-order valence-electron chi connectivity index (χ2n) is 2.65. The zero-order valence-corrected chi connectivity index (χ0v) is 6.20. The first-order chi connectivity index (χ1) is 3.98. The Bertz CT molecular complexity index is 102. The van der Waals surface area contributed by atoms with Crippen LogP contribution in [0.25, 0.3) is 0 Å². The highest BCUT2D eigenvalue weighted by Gasteiger charge is 2.24. The van der Waals surface area contributed by atoms with Gasteiger partial charge in [-0.15, -0.1) is 0 Å². The first-order valence-corrected chi connectivity index (χ1v) is 3.20. The molecular weight excluding hydrogens is 119 g/mol. The maximum absolute atomic E-state index is 12.6. The van der Waals surface area contributed by atoms with Gasteiger partial charge in [-0.3, -0.25) is 4.79 Å². The molecule has 0 aliphatic carbocycles. The van der Waals surface area contributed by atoms with E-state index in [9.17, 15) is 9.18 Å². The van der Waals surface area contributed by atoms with Gasteiger partial charge in [-0.1, -0.05) is 6.92 Å². The highest BCUT2D eigenvalue weighted by molar-refractivity contribution is 5.86. The largest absolute Gasteiger partial charge is 0.296 e. The molecule has 0 aliphatic rings. The Morgan fingerprint density at radius 3 is 2.11 bits per heavy atom. The van der Waals surface area contributed by atoms with Crippen LogP contribution < -0.4 is 0 Å². The van der Waals surface area contributed by atoms with Crippen LogP contribution in [0.3, 0.4) is 0 Å². The van der Waals surface area contributed by atoms with Crippen LogP contribution in [0.2, 0.25) is 0 Å². The molecule has 0 aliphatic heterocycles. The maximum atomic E-state index is 12.6. The SMILES string of the molecule is CCCC(=O)C(C)(C)F. The minimum atomic E-state index is -1.63. The van der Waals surface area contributed by atoms with E-state index in [0.717, 1.165) is 6.42 Å². The molecule has 0 radical (unpaired) electrons. The van der Waals surface area contributed by atoms with E-state index in [2.05, 4.69) is 0 Å². The van der Waals surface area contributed by atoms with E-state index < -0.39 is 5.67 Å². The molecule has 54 valence electrons. The lowest BCUT2D eigenvalue weighted by molar-refractivity contribution is -0.128. The Labute approximate surface area is 55.3 Å². The van der Waals surface area contributed by atoms with Crippen molar-refractivity contribution in [2.75, 3.05) is 0 Å². The summed E-state index contributed by atoms with van der Waals surface area (Å²) in [7, 11) is 0. The normalized spacial score (nSPS) is 11.6. The molecule has 0 N–H and O–H groups in total. The van der Waals surface area contributed by atoms with Crippen molar-refractivity contribution in [3.63, 3.8) is 0 Å². The van der Waals surface area contributed by atoms with E-state index in [4.69, 9.17) is 0 Å². The smallest absolute Gasteiger partial charge is 0.169 e. The predicted molar refractivity (Wildman–Crippen MR) is 35.1 cm³/mol. The highest BCUT2D eigenvalue weighted by Crippen LogP contribution is 2.12. The molecule has 0 bridgehead atoms. The summed E-state index contributed by atoms with van der Waals surface area (Å²) < 4.78 is 12.6. The lowest BCUT2D eigenvalue weighted by Crippen LogP contribution is -2.25. The molecule has 0 spiro atoms. The first kappa shape index (κ1) is 8.60. The Morgan fingerprint density at radius 1 is 1.56 bits per heavy atom. The van der Waals surface area contributed by atoms with Crippen LogP contribution in [0.1, 0.15) is 33.6 Å². The number of carbonyl (C=O) groups excluding carboxylic acids is 1. The van der Waals surface area contributed by atoms with Crippen LogP contribution in [0, 0.1) is 0 Å². The number of alkyl halides is 1. The van der Waals surface area contributed by atoms with Gasteiger partial charge in [0, 0.05) is 6.42 Å². The van der Waals surface area contributed by atoms with Gasteiger partial charge in [0.15, 0.2) is 11.5 Å². The van der Waals surface area contributed by atoms with Gasteiger partial charge in [-0.25, -0.2) is 4.39 Å². The van der Waals surface area contributed by atoms with Crippen LogP contribution >= 0.6 is 0 Å². The van der Waals surface area contributed by atoms with E-state index >= 15 is 0 Å². The van der Waals surface area contributed by atoms with Crippen molar-refractivity contribution in [1.29, 1.82) is 0 Å². The predicted octanol–water partition coefficient (Wildman–Crippen LogP) is 2.10. The van der Waals surface area contributed by atoms with Gasteiger partial charge < -0.3 is 0 Å². The lowest BCUT2D eigenvalue weighted by Gasteiger charge is -2.10. The fourth-order valence-corrected chi connectivity index (χ4v) is 0.524. The third kappa shape index (κ3) is 3.22. The monoisotopic (exact) mass is 132 g/mol. The van der Waals surface area contributed by atoms with Gasteiger partial charge in [0.1, 0.15) is 0 Å². The summed E-state index contributed by atoms with van der Waals surface area (Å²) in [6.07, 6.45) is 1.08. The van der Waals surface area contributed by atoms with Gasteiger partial charge in [-0.2, -0.15) is 0 Å². The Balaban J connectivity index is 3.74. The average molecular weight is 132 g/mol. The molecule has 1 nitrogen and oxygen atoms in total. The summed E-state index contributed by atoms with van der Waals surface area (Å²) >= 11 is 0. The second kappa shape index (κ2) is 2.95. The second-order valence-corrected chi connectivity index (χ2v) is 2.65. The zero-order chi connectivity index (χ0) is 7.49. The Kier molecular flexibility index (Phi) is 2.82. The number of halogens is 1. The van der Waals surface area contributed by atoms with Gasteiger partial charge in [-0.05, 0) is 20.3 Å². The Hall–Kier alpha value is -0.400. The van der Waals surface area contributed by atoms with Crippen LogP contribution in [-0.2, 0) is 4.79 Å². The molecule has 0 amide bonds. The van der Waals surface area contributed by atoms with Gasteiger partial charge >= 0.3 is 0 Å². The van der Waals surface area contributed by atoms with E-state index in [-0.39, 0.29) is 5.78 Å². The van der Waals surface area contributed by atoms with Crippen molar-refractivity contribution in [3.05, 3.63) is 0 Å². The topological polar surface area (TPSA) is 17.1 Å². The number of hydrogen-bond acceptors (Lipinski definition) is 1. The minimum Gasteiger partial charge on any atom is -0.296 e. The summed E-state index contributed by atoms with van der Waals surface area (Å²) in [5, 5.41) is 0. The van der Waals surface area contributed by atoms with E-state index in [1.165, 1.54) is 13.8 Å². The summed E-state index contributed by atoms with van der Waals surface area (Å²) in [6, 6.07) is 0. The number of hydrogen-bond donors (Lipinski definition) is 0. The summed E-state index contributed by atoms with van der Waals surface area (Å²) in [5.41, 5.74) is -1.63. The molecule has 0 atom stereocenters. The van der Waals surface area contributed by atoms with Crippen LogP contribution in [0.15, 0.2) is 0 Å². The molecule has 0 aromatic carbocycles. The molecule has 0 saturated carbocycles. The third-order valence-corrected chi connectivity index (χ3v) is 1.14. The molecule has 0 heterocycles. The van der Waals surface area contributed by atoms with Crippen molar-refractivity contribution in [1.82, 2.24) is 0 Å². The molecule has 0 fully saturated rings. The van der Waals surface area contributed by atoms with Crippen molar-refractivity contribution in [2.45, 2.75) is 39.3 Å². The van der Waals surface area contributed by atoms with E-state index in [0.29, 0.717) is 6.42 Å². The number of carbonyl (C=O) groups is 1.